The summed E-state index contributed by atoms with van der Waals surface area (Å²) in [6.07, 6.45) is 6.17. The van der Waals surface area contributed by atoms with E-state index in [0.29, 0.717) is 5.92 Å². The van der Waals surface area contributed by atoms with Crippen LogP contribution in [0.3, 0.4) is 0 Å². The smallest absolute Gasteiger partial charge is 0.0839 e. The van der Waals surface area contributed by atoms with Gasteiger partial charge in [0.1, 0.15) is 0 Å². The number of benzene rings is 1. The lowest BCUT2D eigenvalue weighted by Crippen LogP contribution is -2.19. The fourth-order valence-corrected chi connectivity index (χ4v) is 3.22. The Balaban J connectivity index is 1.91. The van der Waals surface area contributed by atoms with Crippen molar-refractivity contribution >= 4 is 10.9 Å². The largest absolute Gasteiger partial charge is 0.388 e. The molecule has 0 spiro atoms. The molecule has 3 rings (SSSR count). The summed E-state index contributed by atoms with van der Waals surface area (Å²) < 4.78 is 0. The lowest BCUT2D eigenvalue weighted by Gasteiger charge is -2.30. The molecule has 2 nitrogen and oxygen atoms in total. The number of hydrogen-bond acceptors (Lipinski definition) is 2. The van der Waals surface area contributed by atoms with Gasteiger partial charge in [0.05, 0.1) is 11.6 Å². The maximum atomic E-state index is 10.7. The number of aromatic nitrogens is 1. The minimum atomic E-state index is -0.369. The van der Waals surface area contributed by atoms with Crippen LogP contribution < -0.4 is 0 Å². The van der Waals surface area contributed by atoms with Crippen molar-refractivity contribution < 1.29 is 5.11 Å². The van der Waals surface area contributed by atoms with Crippen LogP contribution in [0, 0.1) is 11.8 Å². The van der Waals surface area contributed by atoms with Crippen molar-refractivity contribution in [2.75, 3.05) is 0 Å². The fourth-order valence-electron chi connectivity index (χ4n) is 3.22. The second kappa shape index (κ2) is 5.30. The monoisotopic (exact) mass is 255 g/mol. The Hall–Kier alpha value is -1.41. The van der Waals surface area contributed by atoms with E-state index in [1.165, 1.54) is 12.8 Å². The molecule has 0 radical (unpaired) electrons. The Kier molecular flexibility index (Phi) is 3.52. The molecular formula is C17H21NO. The highest BCUT2D eigenvalue weighted by atomic mass is 16.3. The first-order valence-electron chi connectivity index (χ1n) is 7.27. The van der Waals surface area contributed by atoms with E-state index in [9.17, 15) is 5.11 Å². The second-order valence-corrected chi connectivity index (χ2v) is 5.89. The van der Waals surface area contributed by atoms with Crippen LogP contribution in [0.5, 0.6) is 0 Å². The molecule has 1 aliphatic rings. The van der Waals surface area contributed by atoms with Gasteiger partial charge in [0.15, 0.2) is 0 Å². The quantitative estimate of drug-likeness (QED) is 0.876. The zero-order valence-corrected chi connectivity index (χ0v) is 11.4. The van der Waals surface area contributed by atoms with Gasteiger partial charge in [-0.05, 0) is 30.7 Å². The Bertz CT molecular complexity index is 553. The van der Waals surface area contributed by atoms with E-state index in [1.807, 2.05) is 24.4 Å². The predicted octanol–water partition coefficient (Wildman–Crippen LogP) is 4.09. The molecule has 1 aromatic heterocycles. The molecule has 1 aromatic carbocycles. The van der Waals surface area contributed by atoms with Gasteiger partial charge in [-0.3, -0.25) is 4.98 Å². The van der Waals surface area contributed by atoms with Crippen molar-refractivity contribution in [1.82, 2.24) is 4.98 Å². The molecule has 0 bridgehead atoms. The number of para-hydroxylation sites is 1. The summed E-state index contributed by atoms with van der Waals surface area (Å²) in [5, 5.41) is 11.8. The molecule has 19 heavy (non-hydrogen) atoms. The third-order valence-electron chi connectivity index (χ3n) is 4.49. The third-order valence-corrected chi connectivity index (χ3v) is 4.49. The molecule has 1 N–H and O–H groups in total. The van der Waals surface area contributed by atoms with Gasteiger partial charge in [0.2, 0.25) is 0 Å². The molecule has 100 valence electrons. The summed E-state index contributed by atoms with van der Waals surface area (Å²) >= 11 is 0. The first-order chi connectivity index (χ1) is 9.25. The van der Waals surface area contributed by atoms with Crippen molar-refractivity contribution in [3.8, 4) is 0 Å². The lowest BCUT2D eigenvalue weighted by molar-refractivity contribution is 0.0766. The van der Waals surface area contributed by atoms with Crippen LogP contribution in [0.1, 0.15) is 44.3 Å². The zero-order valence-electron chi connectivity index (χ0n) is 11.4. The average molecular weight is 255 g/mol. The van der Waals surface area contributed by atoms with Crippen molar-refractivity contribution in [2.45, 2.75) is 38.7 Å². The van der Waals surface area contributed by atoms with E-state index in [-0.39, 0.29) is 6.10 Å². The molecule has 0 amide bonds. The maximum absolute atomic E-state index is 10.7. The molecular weight excluding hydrogens is 234 g/mol. The molecule has 1 unspecified atom stereocenters. The van der Waals surface area contributed by atoms with Crippen LogP contribution in [0.15, 0.2) is 36.5 Å². The molecule has 0 saturated heterocycles. The predicted molar refractivity (Wildman–Crippen MR) is 77.8 cm³/mol. The zero-order chi connectivity index (χ0) is 13.2. The van der Waals surface area contributed by atoms with Gasteiger partial charge < -0.3 is 5.11 Å². The normalized spacial score (nSPS) is 25.4. The van der Waals surface area contributed by atoms with Crippen LogP contribution in [0.25, 0.3) is 10.9 Å². The van der Waals surface area contributed by atoms with Crippen LogP contribution >= 0.6 is 0 Å². The van der Waals surface area contributed by atoms with Gasteiger partial charge in [-0.15, -0.1) is 0 Å². The van der Waals surface area contributed by atoms with Crippen LogP contribution in [0.4, 0.5) is 0 Å². The molecule has 1 atom stereocenters. The summed E-state index contributed by atoms with van der Waals surface area (Å²) in [7, 11) is 0. The van der Waals surface area contributed by atoms with Crippen LogP contribution in [-0.2, 0) is 0 Å². The molecule has 1 fully saturated rings. The van der Waals surface area contributed by atoms with Gasteiger partial charge in [0.25, 0.3) is 0 Å². The van der Waals surface area contributed by atoms with Gasteiger partial charge in [-0.1, -0.05) is 44.0 Å². The number of aliphatic hydroxyl groups excluding tert-OH is 1. The Labute approximate surface area is 114 Å². The van der Waals surface area contributed by atoms with Crippen molar-refractivity contribution in [1.29, 1.82) is 0 Å². The Morgan fingerprint density at radius 3 is 2.63 bits per heavy atom. The highest BCUT2D eigenvalue weighted by molar-refractivity contribution is 5.81. The van der Waals surface area contributed by atoms with E-state index in [4.69, 9.17) is 0 Å². The molecule has 1 saturated carbocycles. The minimum Gasteiger partial charge on any atom is -0.388 e. The van der Waals surface area contributed by atoms with Gasteiger partial charge in [-0.25, -0.2) is 0 Å². The first kappa shape index (κ1) is 12.6. The topological polar surface area (TPSA) is 33.1 Å². The number of rotatable bonds is 2. The minimum absolute atomic E-state index is 0.369. The average Bonchev–Trinajstić information content (AvgIpc) is 2.47. The number of nitrogens with zero attached hydrogens (tertiary/aromatic N) is 1. The highest BCUT2D eigenvalue weighted by Crippen LogP contribution is 2.38. The van der Waals surface area contributed by atoms with Crippen molar-refractivity contribution in [3.05, 3.63) is 42.1 Å². The van der Waals surface area contributed by atoms with Gasteiger partial charge >= 0.3 is 0 Å². The SMILES string of the molecule is CC1CCC(C(O)c2cccc3cccnc23)CC1. The molecule has 0 aliphatic heterocycles. The van der Waals surface area contributed by atoms with Crippen molar-refractivity contribution in [3.63, 3.8) is 0 Å². The fraction of sp³-hybridized carbons (Fsp3) is 0.471. The van der Waals surface area contributed by atoms with E-state index >= 15 is 0 Å². The molecule has 1 aliphatic carbocycles. The second-order valence-electron chi connectivity index (χ2n) is 5.89. The highest BCUT2D eigenvalue weighted by Gasteiger charge is 2.26. The van der Waals surface area contributed by atoms with E-state index in [1.54, 1.807) is 0 Å². The van der Waals surface area contributed by atoms with E-state index in [2.05, 4.69) is 24.0 Å². The third kappa shape index (κ3) is 2.50. The first-order valence-corrected chi connectivity index (χ1v) is 7.27. The Morgan fingerprint density at radius 1 is 1.11 bits per heavy atom. The summed E-state index contributed by atoms with van der Waals surface area (Å²) in [5.74, 6) is 1.21. The number of aliphatic hydroxyl groups is 1. The summed E-state index contributed by atoms with van der Waals surface area (Å²) in [6, 6.07) is 10.1. The van der Waals surface area contributed by atoms with Crippen LogP contribution in [-0.4, -0.2) is 10.1 Å². The van der Waals surface area contributed by atoms with Gasteiger partial charge in [0, 0.05) is 17.1 Å². The standard InChI is InChI=1S/C17H21NO/c1-12-7-9-14(10-8-12)17(19)15-6-2-4-13-5-3-11-18-16(13)15/h2-6,11-12,14,17,19H,7-10H2,1H3. The van der Waals surface area contributed by atoms with Gasteiger partial charge in [-0.2, -0.15) is 0 Å². The molecule has 2 heteroatoms. The number of hydrogen-bond donors (Lipinski definition) is 1. The maximum Gasteiger partial charge on any atom is 0.0839 e. The summed E-state index contributed by atoms with van der Waals surface area (Å²) in [4.78, 5) is 4.45. The molecule has 2 aromatic rings. The summed E-state index contributed by atoms with van der Waals surface area (Å²) in [5.41, 5.74) is 1.95. The summed E-state index contributed by atoms with van der Waals surface area (Å²) in [6.45, 7) is 2.31. The van der Waals surface area contributed by atoms with E-state index in [0.717, 1.165) is 35.2 Å². The number of fused-ring (bicyclic) bond motifs is 1. The lowest BCUT2D eigenvalue weighted by atomic mass is 9.78. The Morgan fingerprint density at radius 2 is 1.84 bits per heavy atom. The van der Waals surface area contributed by atoms with Crippen molar-refractivity contribution in [2.24, 2.45) is 11.8 Å². The molecule has 1 heterocycles. The van der Waals surface area contributed by atoms with Crippen LogP contribution in [0.2, 0.25) is 0 Å². The van der Waals surface area contributed by atoms with E-state index < -0.39 is 0 Å². The number of pyridine rings is 1.